The van der Waals surface area contributed by atoms with E-state index >= 15 is 0 Å². The van der Waals surface area contributed by atoms with Gasteiger partial charge in [0.2, 0.25) is 0 Å². The van der Waals surface area contributed by atoms with Gasteiger partial charge in [0.1, 0.15) is 0 Å². The van der Waals surface area contributed by atoms with Crippen LogP contribution in [0.5, 0.6) is 0 Å². The van der Waals surface area contributed by atoms with Gasteiger partial charge in [0.05, 0.1) is 0 Å². The molecule has 0 amide bonds. The van der Waals surface area contributed by atoms with Crippen LogP contribution in [0.4, 0.5) is 5.69 Å². The molecule has 1 aromatic carbocycles. The fourth-order valence-electron chi connectivity index (χ4n) is 3.07. The number of fused-ring (bicyclic) bond motifs is 1. The van der Waals surface area contributed by atoms with Gasteiger partial charge in [0.15, 0.2) is 0 Å². The van der Waals surface area contributed by atoms with Gasteiger partial charge in [-0.2, -0.15) is 0 Å². The minimum atomic E-state index is 0.173. The third kappa shape index (κ3) is 1.24. The van der Waals surface area contributed by atoms with E-state index in [9.17, 15) is 0 Å². The van der Waals surface area contributed by atoms with Crippen molar-refractivity contribution in [3.8, 4) is 0 Å². The molecule has 0 radical (unpaired) electrons. The lowest BCUT2D eigenvalue weighted by atomic mass is 9.75. The van der Waals surface area contributed by atoms with Gasteiger partial charge in [0, 0.05) is 23.3 Å². The van der Waals surface area contributed by atoms with Gasteiger partial charge in [-0.25, -0.2) is 0 Å². The third-order valence-electron chi connectivity index (χ3n) is 4.11. The highest BCUT2D eigenvalue weighted by atomic mass is 15.2. The minimum absolute atomic E-state index is 0.173. The summed E-state index contributed by atoms with van der Waals surface area (Å²) in [6.45, 7) is 12.1. The van der Waals surface area contributed by atoms with Crippen molar-refractivity contribution in [2.45, 2.75) is 39.0 Å². The van der Waals surface area contributed by atoms with E-state index in [4.69, 9.17) is 0 Å². The molecule has 1 heterocycles. The highest BCUT2D eigenvalue weighted by Gasteiger charge is 2.42. The quantitative estimate of drug-likeness (QED) is 0.733. The largest absolute Gasteiger partial charge is 0.345 e. The molecule has 0 atom stereocenters. The average Bonchev–Trinajstić information content (AvgIpc) is 2.58. The Hall–Kier alpha value is -1.24. The molecule has 1 aliphatic rings. The second-order valence-electron chi connectivity index (χ2n) is 4.50. The van der Waals surface area contributed by atoms with Crippen molar-refractivity contribution in [2.75, 3.05) is 11.4 Å². The van der Waals surface area contributed by atoms with Gasteiger partial charge < -0.3 is 4.90 Å². The summed E-state index contributed by atoms with van der Waals surface area (Å²) in [5.74, 6) is 0. The normalized spacial score (nSPS) is 17.7. The number of para-hydroxylation sites is 1. The van der Waals surface area contributed by atoms with Crippen molar-refractivity contribution in [1.82, 2.24) is 0 Å². The van der Waals surface area contributed by atoms with Crippen LogP contribution in [0.15, 0.2) is 36.5 Å². The summed E-state index contributed by atoms with van der Waals surface area (Å²) < 4.78 is 0. The Balaban J connectivity index is 2.63. The van der Waals surface area contributed by atoms with Crippen molar-refractivity contribution in [3.63, 3.8) is 0 Å². The Bertz CT molecular complexity index is 402. The Labute approximate surface area is 98.8 Å². The first-order valence-electron chi connectivity index (χ1n) is 6.27. The highest BCUT2D eigenvalue weighted by molar-refractivity contribution is 5.70. The van der Waals surface area contributed by atoms with Crippen molar-refractivity contribution in [2.24, 2.45) is 0 Å². The smallest absolute Gasteiger partial charge is 0.0450 e. The summed E-state index contributed by atoms with van der Waals surface area (Å²) in [5.41, 5.74) is 4.28. The fraction of sp³-hybridized carbons (Fsp3) is 0.467. The molecule has 0 unspecified atom stereocenters. The molecule has 0 N–H and O–H groups in total. The van der Waals surface area contributed by atoms with Crippen molar-refractivity contribution in [1.29, 1.82) is 0 Å². The molecular weight excluding hydrogens is 194 g/mol. The van der Waals surface area contributed by atoms with Gasteiger partial charge in [0.25, 0.3) is 0 Å². The van der Waals surface area contributed by atoms with Gasteiger partial charge in [-0.15, -0.1) is 0 Å². The Kier molecular flexibility index (Phi) is 2.79. The molecule has 1 aromatic rings. The number of hydrogen-bond acceptors (Lipinski definition) is 1. The number of benzene rings is 1. The van der Waals surface area contributed by atoms with E-state index in [0.717, 1.165) is 19.4 Å². The summed E-state index contributed by atoms with van der Waals surface area (Å²) in [5, 5.41) is 0. The minimum Gasteiger partial charge on any atom is -0.345 e. The Morgan fingerprint density at radius 1 is 1.12 bits per heavy atom. The number of likely N-dealkylation sites (N-methyl/N-ethyl adjacent to an activating group) is 1. The predicted molar refractivity (Wildman–Crippen MR) is 70.9 cm³/mol. The van der Waals surface area contributed by atoms with Crippen LogP contribution in [0, 0.1) is 0 Å². The average molecular weight is 215 g/mol. The van der Waals surface area contributed by atoms with Crippen molar-refractivity contribution in [3.05, 3.63) is 42.1 Å². The van der Waals surface area contributed by atoms with Crippen LogP contribution in [0.3, 0.4) is 0 Å². The topological polar surface area (TPSA) is 3.24 Å². The summed E-state index contributed by atoms with van der Waals surface area (Å²) in [6, 6.07) is 8.75. The van der Waals surface area contributed by atoms with Crippen LogP contribution in [-0.2, 0) is 5.41 Å². The van der Waals surface area contributed by atoms with Gasteiger partial charge in [-0.05, 0) is 31.4 Å². The van der Waals surface area contributed by atoms with Gasteiger partial charge in [-0.1, -0.05) is 38.6 Å². The number of anilines is 1. The zero-order valence-electron chi connectivity index (χ0n) is 10.6. The molecule has 0 spiro atoms. The molecular formula is C15H21N. The Morgan fingerprint density at radius 3 is 2.31 bits per heavy atom. The summed E-state index contributed by atoms with van der Waals surface area (Å²) in [7, 11) is 0. The molecule has 1 nitrogen and oxygen atoms in total. The first-order valence-corrected chi connectivity index (χ1v) is 6.27. The number of allylic oxidation sites excluding steroid dienone is 1. The molecule has 1 aliphatic heterocycles. The van der Waals surface area contributed by atoms with E-state index < -0.39 is 0 Å². The molecule has 0 saturated heterocycles. The van der Waals surface area contributed by atoms with E-state index in [2.05, 4.69) is 56.5 Å². The van der Waals surface area contributed by atoms with Gasteiger partial charge in [-0.3, -0.25) is 0 Å². The third-order valence-corrected chi connectivity index (χ3v) is 4.11. The molecule has 0 bridgehead atoms. The predicted octanol–water partition coefficient (Wildman–Crippen LogP) is 4.10. The van der Waals surface area contributed by atoms with Crippen molar-refractivity contribution >= 4 is 5.69 Å². The van der Waals surface area contributed by atoms with E-state index in [1.54, 1.807) is 0 Å². The lowest BCUT2D eigenvalue weighted by molar-refractivity contribution is 0.478. The molecule has 1 heteroatoms. The molecule has 2 rings (SSSR count). The Morgan fingerprint density at radius 2 is 1.75 bits per heavy atom. The standard InChI is InChI=1S/C15H21N/c1-5-15(6-2)12(4)16(7-3)14-11-9-8-10-13(14)15/h8-11H,4-7H2,1-3H3. The first kappa shape index (κ1) is 11.3. The van der Waals surface area contributed by atoms with Crippen LogP contribution in [0.2, 0.25) is 0 Å². The fourth-order valence-corrected chi connectivity index (χ4v) is 3.07. The van der Waals surface area contributed by atoms with E-state index in [1.165, 1.54) is 16.9 Å². The molecule has 0 saturated carbocycles. The second-order valence-corrected chi connectivity index (χ2v) is 4.50. The zero-order chi connectivity index (χ0) is 11.8. The van der Waals surface area contributed by atoms with Crippen molar-refractivity contribution < 1.29 is 0 Å². The molecule has 86 valence electrons. The monoisotopic (exact) mass is 215 g/mol. The summed E-state index contributed by atoms with van der Waals surface area (Å²) in [4.78, 5) is 2.36. The molecule has 0 aliphatic carbocycles. The SMILES string of the molecule is C=C1N(CC)c2ccccc2C1(CC)CC. The maximum Gasteiger partial charge on any atom is 0.0450 e. The second kappa shape index (κ2) is 3.97. The van der Waals surface area contributed by atoms with E-state index in [0.29, 0.717) is 0 Å². The number of nitrogens with zero attached hydrogens (tertiary/aromatic N) is 1. The van der Waals surface area contributed by atoms with Crippen LogP contribution in [0.25, 0.3) is 0 Å². The van der Waals surface area contributed by atoms with Crippen LogP contribution in [0.1, 0.15) is 39.2 Å². The molecule has 0 aromatic heterocycles. The highest BCUT2D eigenvalue weighted by Crippen LogP contribution is 2.50. The van der Waals surface area contributed by atoms with Crippen LogP contribution < -0.4 is 4.90 Å². The summed E-state index contributed by atoms with van der Waals surface area (Å²) >= 11 is 0. The molecule has 0 fully saturated rings. The van der Waals surface area contributed by atoms with E-state index in [-0.39, 0.29) is 5.41 Å². The van der Waals surface area contributed by atoms with Gasteiger partial charge >= 0.3 is 0 Å². The molecule has 16 heavy (non-hydrogen) atoms. The number of hydrogen-bond donors (Lipinski definition) is 0. The van der Waals surface area contributed by atoms with E-state index in [1.807, 2.05) is 0 Å². The summed E-state index contributed by atoms with van der Waals surface area (Å²) in [6.07, 6.45) is 2.27. The first-order chi connectivity index (χ1) is 7.71. The lowest BCUT2D eigenvalue weighted by Gasteiger charge is -2.30. The van der Waals surface area contributed by atoms with Crippen LogP contribution >= 0.6 is 0 Å². The maximum atomic E-state index is 4.34. The zero-order valence-corrected chi connectivity index (χ0v) is 10.6. The lowest BCUT2D eigenvalue weighted by Crippen LogP contribution is -2.29. The van der Waals surface area contributed by atoms with Crippen LogP contribution in [-0.4, -0.2) is 6.54 Å². The number of rotatable bonds is 3. The maximum absolute atomic E-state index is 4.34.